The van der Waals surface area contributed by atoms with E-state index < -0.39 is 22.9 Å². The van der Waals surface area contributed by atoms with Crippen molar-refractivity contribution in [1.82, 2.24) is 25.4 Å². The van der Waals surface area contributed by atoms with E-state index in [1.807, 2.05) is 4.90 Å². The lowest BCUT2D eigenvalue weighted by Crippen LogP contribution is -2.61. The summed E-state index contributed by atoms with van der Waals surface area (Å²) >= 11 is 0. The van der Waals surface area contributed by atoms with Crippen LogP contribution in [0.25, 0.3) is 11.3 Å². The number of hydrogen-bond donors (Lipinski definition) is 2. The second kappa shape index (κ2) is 9.19. The number of halogens is 4. The zero-order chi connectivity index (χ0) is 27.6. The maximum absolute atomic E-state index is 14.3. The van der Waals surface area contributed by atoms with Gasteiger partial charge < -0.3 is 15.0 Å². The highest BCUT2D eigenvalue weighted by Gasteiger charge is 2.61. The van der Waals surface area contributed by atoms with Crippen molar-refractivity contribution >= 4 is 11.8 Å². The third-order valence-electron chi connectivity index (χ3n) is 9.70. The van der Waals surface area contributed by atoms with Crippen LogP contribution in [-0.2, 0) is 4.79 Å². The topological polar surface area (TPSA) is 100 Å². The molecule has 4 bridgehead atoms. The molecule has 3 aliphatic carbocycles. The molecule has 7 rings (SSSR count). The first-order valence-electron chi connectivity index (χ1n) is 13.5. The fraction of sp³-hybridized carbons (Fsp3) is 0.630. The summed E-state index contributed by atoms with van der Waals surface area (Å²) < 4.78 is 60.2. The number of nitrogens with zero attached hydrogens (tertiary/aromatic N) is 3. The molecule has 0 aromatic carbocycles. The summed E-state index contributed by atoms with van der Waals surface area (Å²) in [6, 6.07) is 2.67. The minimum absolute atomic E-state index is 0.0668. The monoisotopic (exact) mass is 549 g/mol. The van der Waals surface area contributed by atoms with Gasteiger partial charge in [0.1, 0.15) is 5.69 Å². The molecule has 8 nitrogen and oxygen atoms in total. The van der Waals surface area contributed by atoms with Crippen LogP contribution in [0.15, 0.2) is 18.3 Å². The summed E-state index contributed by atoms with van der Waals surface area (Å²) in [5, 5.41) is 10.0. The summed E-state index contributed by atoms with van der Waals surface area (Å²) in [6.07, 6.45) is 0.669. The molecule has 3 saturated carbocycles. The van der Waals surface area contributed by atoms with Gasteiger partial charge in [0.15, 0.2) is 5.82 Å². The van der Waals surface area contributed by atoms with E-state index in [0.29, 0.717) is 32.1 Å². The van der Waals surface area contributed by atoms with Gasteiger partial charge in [-0.3, -0.25) is 14.7 Å². The number of nitrogens with one attached hydrogen (secondary N) is 2. The number of H-pyrrole nitrogens is 1. The molecule has 2 aromatic heterocycles. The van der Waals surface area contributed by atoms with Gasteiger partial charge in [0.05, 0.1) is 24.4 Å². The molecule has 0 spiro atoms. The van der Waals surface area contributed by atoms with Crippen molar-refractivity contribution in [2.45, 2.75) is 88.0 Å². The van der Waals surface area contributed by atoms with E-state index >= 15 is 0 Å². The largest absolute Gasteiger partial charge is 0.481 e. The van der Waals surface area contributed by atoms with Crippen molar-refractivity contribution in [3.8, 4) is 17.1 Å². The van der Waals surface area contributed by atoms with Crippen molar-refractivity contribution in [3.63, 3.8) is 0 Å². The Kier molecular flexibility index (Phi) is 6.14. The van der Waals surface area contributed by atoms with Crippen molar-refractivity contribution < 1.29 is 31.9 Å². The molecule has 2 N–H and O–H groups in total. The second-order valence-electron chi connectivity index (χ2n) is 11.7. The van der Waals surface area contributed by atoms with Gasteiger partial charge in [-0.25, -0.2) is 9.37 Å². The number of aromatic amines is 1. The summed E-state index contributed by atoms with van der Waals surface area (Å²) in [5.74, 6) is -1.00. The van der Waals surface area contributed by atoms with Crippen LogP contribution in [0, 0.1) is 17.2 Å². The van der Waals surface area contributed by atoms with Gasteiger partial charge in [0.25, 0.3) is 5.91 Å². The molecule has 2 saturated heterocycles. The SMILES string of the molecule is COc1cc(-c2cc(C(=O)N3[C@@H]4CC[C@H]3CC(C(=O)NC35CCC(C(F)(F)F)(CC3)CC5)C4)[nH]n2)c(F)cn1. The summed E-state index contributed by atoms with van der Waals surface area (Å²) in [7, 11) is 1.42. The Bertz CT molecular complexity index is 1260. The van der Waals surface area contributed by atoms with Crippen LogP contribution in [0.5, 0.6) is 5.88 Å². The Morgan fingerprint density at radius 3 is 2.31 bits per heavy atom. The molecule has 210 valence electrons. The van der Waals surface area contributed by atoms with Crippen LogP contribution in [0.1, 0.15) is 74.7 Å². The number of methoxy groups -OCH3 is 1. The predicted octanol–water partition coefficient (Wildman–Crippen LogP) is 4.77. The summed E-state index contributed by atoms with van der Waals surface area (Å²) in [5.41, 5.74) is -1.49. The van der Waals surface area contributed by atoms with Gasteiger partial charge in [-0.1, -0.05) is 0 Å². The molecule has 1 unspecified atom stereocenters. The third kappa shape index (κ3) is 4.35. The normalized spacial score (nSPS) is 31.8. The summed E-state index contributed by atoms with van der Waals surface area (Å²) in [6.45, 7) is 0. The maximum Gasteiger partial charge on any atom is 0.394 e. The van der Waals surface area contributed by atoms with Crippen LogP contribution in [0.3, 0.4) is 0 Å². The quantitative estimate of drug-likeness (QED) is 0.524. The van der Waals surface area contributed by atoms with E-state index in [4.69, 9.17) is 4.74 Å². The number of piperidine rings is 1. The Balaban J connectivity index is 1.11. The number of carbonyl (C=O) groups is 2. The van der Waals surface area contributed by atoms with Crippen molar-refractivity contribution in [2.75, 3.05) is 7.11 Å². The van der Waals surface area contributed by atoms with Crippen LogP contribution in [0.4, 0.5) is 17.6 Å². The van der Waals surface area contributed by atoms with Gasteiger partial charge in [-0.2, -0.15) is 18.3 Å². The average Bonchev–Trinajstić information content (AvgIpc) is 3.51. The van der Waals surface area contributed by atoms with Crippen LogP contribution < -0.4 is 10.1 Å². The first kappa shape index (κ1) is 26.1. The molecule has 39 heavy (non-hydrogen) atoms. The molecule has 2 amide bonds. The Morgan fingerprint density at radius 1 is 1.08 bits per heavy atom. The zero-order valence-electron chi connectivity index (χ0n) is 21.6. The highest BCUT2D eigenvalue weighted by Crippen LogP contribution is 2.59. The zero-order valence-corrected chi connectivity index (χ0v) is 21.6. The third-order valence-corrected chi connectivity index (χ3v) is 9.70. The van der Waals surface area contributed by atoms with Gasteiger partial charge in [0.2, 0.25) is 11.8 Å². The van der Waals surface area contributed by atoms with Gasteiger partial charge >= 0.3 is 6.18 Å². The number of carbonyl (C=O) groups excluding carboxylic acids is 2. The van der Waals surface area contributed by atoms with Crippen LogP contribution in [-0.4, -0.2) is 62.8 Å². The molecular weight excluding hydrogens is 518 g/mol. The molecule has 2 aromatic rings. The lowest BCUT2D eigenvalue weighted by molar-refractivity contribution is -0.254. The number of aromatic nitrogens is 3. The molecule has 4 heterocycles. The second-order valence-corrected chi connectivity index (χ2v) is 11.7. The Morgan fingerprint density at radius 2 is 1.72 bits per heavy atom. The van der Waals surface area contributed by atoms with E-state index in [1.54, 1.807) is 0 Å². The first-order valence-corrected chi connectivity index (χ1v) is 13.5. The van der Waals surface area contributed by atoms with E-state index in [0.717, 1.165) is 19.0 Å². The van der Waals surface area contributed by atoms with Gasteiger partial charge in [-0.05, 0) is 70.3 Å². The van der Waals surface area contributed by atoms with Gasteiger partial charge in [-0.15, -0.1) is 0 Å². The number of alkyl halides is 3. The predicted molar refractivity (Wildman–Crippen MR) is 131 cm³/mol. The smallest absolute Gasteiger partial charge is 0.394 e. The molecule has 2 aliphatic heterocycles. The fourth-order valence-corrected chi connectivity index (χ4v) is 7.32. The van der Waals surface area contributed by atoms with E-state index in [9.17, 15) is 27.2 Å². The Hall–Kier alpha value is -3.18. The highest BCUT2D eigenvalue weighted by molar-refractivity contribution is 5.94. The molecule has 12 heteroatoms. The number of pyridine rings is 1. The number of rotatable bonds is 5. The Labute approximate surface area is 222 Å². The molecule has 3 atom stereocenters. The van der Waals surface area contributed by atoms with E-state index in [-0.39, 0.29) is 71.9 Å². The minimum Gasteiger partial charge on any atom is -0.481 e. The molecule has 0 radical (unpaired) electrons. The molecule has 5 fully saturated rings. The summed E-state index contributed by atoms with van der Waals surface area (Å²) in [4.78, 5) is 32.4. The highest BCUT2D eigenvalue weighted by atomic mass is 19.4. The van der Waals surface area contributed by atoms with Crippen molar-refractivity contribution in [2.24, 2.45) is 11.3 Å². The van der Waals surface area contributed by atoms with Crippen molar-refractivity contribution in [3.05, 3.63) is 29.8 Å². The van der Waals surface area contributed by atoms with Crippen LogP contribution in [0.2, 0.25) is 0 Å². The lowest BCUT2D eigenvalue weighted by Gasteiger charge is -2.54. The first-order chi connectivity index (χ1) is 18.5. The van der Waals surface area contributed by atoms with Crippen LogP contribution >= 0.6 is 0 Å². The maximum atomic E-state index is 14.3. The number of fused-ring (bicyclic) bond motifs is 5. The number of hydrogen-bond acceptors (Lipinski definition) is 5. The molecular formula is C27H31F4N5O3. The number of ether oxygens (including phenoxy) is 1. The standard InChI is InChI=1S/C27H31F4N5O3/c1-39-22-12-18(19(28)14-32-22)20-13-21(35-34-20)24(38)36-16-2-3-17(36)11-15(10-16)23(37)33-26-7-4-25(5-8-26,6-9-26)27(29,30)31/h12-17H,2-11H2,1H3,(H,33,37)(H,34,35)/t15?,16-,17+,25?,26?. The fourth-order valence-electron chi connectivity index (χ4n) is 7.32. The lowest BCUT2D eigenvalue weighted by atomic mass is 9.57. The minimum atomic E-state index is -4.20. The average molecular weight is 550 g/mol. The van der Waals surface area contributed by atoms with Crippen molar-refractivity contribution in [1.29, 1.82) is 0 Å². The van der Waals surface area contributed by atoms with E-state index in [1.165, 1.54) is 19.2 Å². The van der Waals surface area contributed by atoms with E-state index in [2.05, 4.69) is 20.5 Å². The number of amides is 2. The van der Waals surface area contributed by atoms with Gasteiger partial charge in [0, 0.05) is 35.2 Å². The molecule has 5 aliphatic rings.